The number of aliphatic hydroxyl groups excluding tert-OH is 1. The molecule has 2 rings (SSSR count). The summed E-state index contributed by atoms with van der Waals surface area (Å²) >= 11 is 0. The molecule has 4 nitrogen and oxygen atoms in total. The molecular weight excluding hydrogens is 285 g/mol. The maximum absolute atomic E-state index is 12.9. The molecule has 1 aromatic carbocycles. The van der Waals surface area contributed by atoms with Crippen molar-refractivity contribution in [1.29, 1.82) is 0 Å². The number of nitrogens with zero attached hydrogens (tertiary/aromatic N) is 1. The zero-order valence-corrected chi connectivity index (χ0v) is 10.9. The molecule has 112 valence electrons. The van der Waals surface area contributed by atoms with Crippen molar-refractivity contribution >= 4 is 5.82 Å². The molecule has 0 saturated heterocycles. The van der Waals surface area contributed by atoms with Gasteiger partial charge < -0.3 is 15.2 Å². The minimum absolute atomic E-state index is 0.112. The van der Waals surface area contributed by atoms with Crippen molar-refractivity contribution in [3.8, 4) is 5.75 Å². The van der Waals surface area contributed by atoms with E-state index in [1.54, 1.807) is 0 Å². The van der Waals surface area contributed by atoms with Crippen LogP contribution in [0, 0.1) is 17.5 Å². The number of anilines is 1. The predicted octanol–water partition coefficient (Wildman–Crippen LogP) is 2.35. The van der Waals surface area contributed by atoms with Crippen LogP contribution >= 0.6 is 0 Å². The Balaban J connectivity index is 1.77. The van der Waals surface area contributed by atoms with Gasteiger partial charge in [0.25, 0.3) is 0 Å². The number of pyridine rings is 1. The molecule has 1 heterocycles. The first-order valence-corrected chi connectivity index (χ1v) is 6.16. The average Bonchev–Trinajstić information content (AvgIpc) is 2.48. The van der Waals surface area contributed by atoms with E-state index in [4.69, 9.17) is 4.74 Å². The van der Waals surface area contributed by atoms with E-state index in [1.165, 1.54) is 18.2 Å². The van der Waals surface area contributed by atoms with E-state index >= 15 is 0 Å². The van der Waals surface area contributed by atoms with Gasteiger partial charge in [0.05, 0.1) is 6.20 Å². The fourth-order valence-electron chi connectivity index (χ4n) is 1.52. The molecule has 0 spiro atoms. The lowest BCUT2D eigenvalue weighted by atomic mass is 10.3. The van der Waals surface area contributed by atoms with Crippen LogP contribution in [0.15, 0.2) is 36.5 Å². The molecule has 0 unspecified atom stereocenters. The van der Waals surface area contributed by atoms with Crippen LogP contribution in [0.5, 0.6) is 5.75 Å². The first kappa shape index (κ1) is 15.1. The minimum atomic E-state index is -1.02. The Morgan fingerprint density at radius 2 is 1.95 bits per heavy atom. The summed E-state index contributed by atoms with van der Waals surface area (Å²) in [6.07, 6.45) is 0.150. The van der Waals surface area contributed by atoms with Crippen LogP contribution in [-0.2, 0) is 0 Å². The van der Waals surface area contributed by atoms with Crippen molar-refractivity contribution in [2.24, 2.45) is 0 Å². The Morgan fingerprint density at radius 1 is 1.14 bits per heavy atom. The van der Waals surface area contributed by atoms with Gasteiger partial charge >= 0.3 is 0 Å². The molecule has 0 fully saturated rings. The van der Waals surface area contributed by atoms with Gasteiger partial charge in [-0.1, -0.05) is 0 Å². The smallest absolute Gasteiger partial charge is 0.162 e. The Hall–Kier alpha value is -2.28. The van der Waals surface area contributed by atoms with E-state index in [0.717, 1.165) is 18.3 Å². The standard InChI is InChI=1S/C14H13F3N2O2/c15-9-1-4-14(18-6-9)19-7-10(20)8-21-11-2-3-12(16)13(17)5-11/h1-6,10,20H,7-8H2,(H,18,19)/t10-/m1/s1. The molecule has 1 aromatic heterocycles. The number of benzene rings is 1. The summed E-state index contributed by atoms with van der Waals surface area (Å²) in [5, 5.41) is 12.5. The van der Waals surface area contributed by atoms with Crippen molar-refractivity contribution < 1.29 is 23.0 Å². The third-order valence-corrected chi connectivity index (χ3v) is 2.58. The zero-order chi connectivity index (χ0) is 15.2. The van der Waals surface area contributed by atoms with Crippen molar-refractivity contribution in [3.63, 3.8) is 0 Å². The lowest BCUT2D eigenvalue weighted by Crippen LogP contribution is -2.26. The third kappa shape index (κ3) is 4.64. The van der Waals surface area contributed by atoms with Crippen LogP contribution < -0.4 is 10.1 Å². The predicted molar refractivity (Wildman–Crippen MR) is 70.5 cm³/mol. The van der Waals surface area contributed by atoms with Crippen molar-refractivity contribution in [1.82, 2.24) is 4.98 Å². The van der Waals surface area contributed by atoms with Gasteiger partial charge in [-0.2, -0.15) is 0 Å². The van der Waals surface area contributed by atoms with Gasteiger partial charge in [-0.25, -0.2) is 18.2 Å². The second kappa shape index (κ2) is 6.94. The van der Waals surface area contributed by atoms with Crippen LogP contribution in [0.25, 0.3) is 0 Å². The minimum Gasteiger partial charge on any atom is -0.491 e. The fourth-order valence-corrected chi connectivity index (χ4v) is 1.52. The number of hydrogen-bond acceptors (Lipinski definition) is 4. The van der Waals surface area contributed by atoms with Gasteiger partial charge in [0.1, 0.15) is 30.1 Å². The van der Waals surface area contributed by atoms with Crippen LogP contribution in [0.2, 0.25) is 0 Å². The molecule has 2 aromatic rings. The van der Waals surface area contributed by atoms with Crippen LogP contribution in [-0.4, -0.2) is 29.3 Å². The quantitative estimate of drug-likeness (QED) is 0.859. The Kier molecular flexibility index (Phi) is 4.99. The molecule has 0 aliphatic carbocycles. The number of aliphatic hydroxyl groups is 1. The Bertz CT molecular complexity index is 593. The summed E-state index contributed by atoms with van der Waals surface area (Å²) in [6.45, 7) is 0.00156. The normalized spacial score (nSPS) is 12.0. The molecular formula is C14H13F3N2O2. The van der Waals surface area contributed by atoms with Crippen LogP contribution in [0.3, 0.4) is 0 Å². The van der Waals surface area contributed by atoms with E-state index in [9.17, 15) is 18.3 Å². The van der Waals surface area contributed by atoms with Gasteiger partial charge in [0, 0.05) is 12.6 Å². The maximum atomic E-state index is 12.9. The first-order valence-electron chi connectivity index (χ1n) is 6.16. The molecule has 0 bridgehead atoms. The second-order valence-corrected chi connectivity index (χ2v) is 4.28. The summed E-state index contributed by atoms with van der Waals surface area (Å²) in [5.41, 5.74) is 0. The fraction of sp³-hybridized carbons (Fsp3) is 0.214. The number of nitrogens with one attached hydrogen (secondary N) is 1. The van der Waals surface area contributed by atoms with Gasteiger partial charge in [-0.3, -0.25) is 0 Å². The Labute approximate surface area is 119 Å². The summed E-state index contributed by atoms with van der Waals surface area (Å²) in [7, 11) is 0. The highest BCUT2D eigenvalue weighted by atomic mass is 19.2. The van der Waals surface area contributed by atoms with Gasteiger partial charge in [-0.15, -0.1) is 0 Å². The molecule has 7 heteroatoms. The summed E-state index contributed by atoms with van der Waals surface area (Å²) < 4.78 is 43.4. The maximum Gasteiger partial charge on any atom is 0.162 e. The summed E-state index contributed by atoms with van der Waals surface area (Å²) in [6, 6.07) is 5.77. The van der Waals surface area contributed by atoms with Crippen LogP contribution in [0.4, 0.5) is 19.0 Å². The van der Waals surface area contributed by atoms with Crippen molar-refractivity contribution in [2.75, 3.05) is 18.5 Å². The molecule has 0 saturated carbocycles. The van der Waals surface area contributed by atoms with E-state index in [0.29, 0.717) is 5.82 Å². The van der Waals surface area contributed by atoms with E-state index in [2.05, 4.69) is 10.3 Å². The third-order valence-electron chi connectivity index (χ3n) is 2.58. The molecule has 2 N–H and O–H groups in total. The van der Waals surface area contributed by atoms with E-state index in [1.807, 2.05) is 0 Å². The number of hydrogen-bond donors (Lipinski definition) is 2. The molecule has 21 heavy (non-hydrogen) atoms. The van der Waals surface area contributed by atoms with Crippen LogP contribution in [0.1, 0.15) is 0 Å². The summed E-state index contributed by atoms with van der Waals surface area (Å²) in [5.74, 6) is -1.92. The molecule has 1 atom stereocenters. The topological polar surface area (TPSA) is 54.4 Å². The Morgan fingerprint density at radius 3 is 2.62 bits per heavy atom. The zero-order valence-electron chi connectivity index (χ0n) is 10.9. The highest BCUT2D eigenvalue weighted by molar-refractivity contribution is 5.33. The number of halogens is 3. The van der Waals surface area contributed by atoms with Crippen molar-refractivity contribution in [2.45, 2.75) is 6.10 Å². The molecule has 0 amide bonds. The highest BCUT2D eigenvalue weighted by Gasteiger charge is 2.08. The van der Waals surface area contributed by atoms with Gasteiger partial charge in [0.2, 0.25) is 0 Å². The number of aromatic nitrogens is 1. The highest BCUT2D eigenvalue weighted by Crippen LogP contribution is 2.15. The molecule has 0 radical (unpaired) electrons. The van der Waals surface area contributed by atoms with Gasteiger partial charge in [0.15, 0.2) is 11.6 Å². The van der Waals surface area contributed by atoms with Crippen molar-refractivity contribution in [3.05, 3.63) is 54.0 Å². The first-order chi connectivity index (χ1) is 10.0. The summed E-state index contributed by atoms with van der Waals surface area (Å²) in [4.78, 5) is 3.76. The number of ether oxygens (including phenoxy) is 1. The lowest BCUT2D eigenvalue weighted by Gasteiger charge is -2.13. The SMILES string of the molecule is O[C@H](CNc1ccc(F)cn1)COc1ccc(F)c(F)c1. The second-order valence-electron chi connectivity index (χ2n) is 4.28. The van der Waals surface area contributed by atoms with Gasteiger partial charge in [-0.05, 0) is 24.3 Å². The van der Waals surface area contributed by atoms with E-state index < -0.39 is 23.6 Å². The largest absolute Gasteiger partial charge is 0.491 e. The molecule has 0 aliphatic heterocycles. The van der Waals surface area contributed by atoms with E-state index in [-0.39, 0.29) is 18.9 Å². The lowest BCUT2D eigenvalue weighted by molar-refractivity contribution is 0.117. The average molecular weight is 298 g/mol. The molecule has 0 aliphatic rings. The number of rotatable bonds is 6. The monoisotopic (exact) mass is 298 g/mol.